The van der Waals surface area contributed by atoms with Gasteiger partial charge in [0.1, 0.15) is 5.75 Å². The van der Waals surface area contributed by atoms with Crippen molar-refractivity contribution in [2.75, 3.05) is 6.61 Å². The highest BCUT2D eigenvalue weighted by atomic mass is 79.9. The Morgan fingerprint density at radius 2 is 1.63 bits per heavy atom. The fourth-order valence-corrected chi connectivity index (χ4v) is 4.04. The molecule has 1 aliphatic carbocycles. The third kappa shape index (κ3) is 2.40. The Hall–Kier alpha value is -2.99. The van der Waals surface area contributed by atoms with E-state index >= 15 is 0 Å². The van der Waals surface area contributed by atoms with Gasteiger partial charge in [-0.05, 0) is 13.0 Å². The number of rotatable bonds is 2. The Morgan fingerprint density at radius 3 is 2.26 bits per heavy atom. The minimum absolute atomic E-state index is 0.00574. The standard InChI is InChI=1S/C21H13BrO5/c1-2-27-21(26)15-12-8-5-9-13(22)14(12)20(25)17-16(15)18(23)10-6-3-4-7-11(10)19(17)24/h3-9,25H,2H2,1H3. The highest BCUT2D eigenvalue weighted by Gasteiger charge is 2.38. The number of benzene rings is 3. The van der Waals surface area contributed by atoms with Crippen LogP contribution in [0.2, 0.25) is 0 Å². The first-order valence-electron chi connectivity index (χ1n) is 8.30. The maximum Gasteiger partial charge on any atom is 0.339 e. The molecule has 0 amide bonds. The number of esters is 1. The Kier molecular flexibility index (Phi) is 4.08. The van der Waals surface area contributed by atoms with Gasteiger partial charge in [-0.25, -0.2) is 4.79 Å². The predicted molar refractivity (Wildman–Crippen MR) is 103 cm³/mol. The van der Waals surface area contributed by atoms with E-state index < -0.39 is 17.5 Å². The number of hydrogen-bond donors (Lipinski definition) is 1. The minimum Gasteiger partial charge on any atom is -0.506 e. The zero-order valence-electron chi connectivity index (χ0n) is 14.2. The molecule has 3 aromatic rings. The summed E-state index contributed by atoms with van der Waals surface area (Å²) in [6.07, 6.45) is 0. The molecular weight excluding hydrogens is 412 g/mol. The van der Waals surface area contributed by atoms with Crippen LogP contribution in [0.5, 0.6) is 5.75 Å². The highest BCUT2D eigenvalue weighted by molar-refractivity contribution is 9.10. The van der Waals surface area contributed by atoms with E-state index in [1.54, 1.807) is 37.3 Å². The summed E-state index contributed by atoms with van der Waals surface area (Å²) in [6.45, 7) is 1.77. The van der Waals surface area contributed by atoms with E-state index in [-0.39, 0.29) is 40.2 Å². The molecule has 0 fully saturated rings. The van der Waals surface area contributed by atoms with Crippen LogP contribution in [-0.4, -0.2) is 29.2 Å². The maximum atomic E-state index is 13.2. The second-order valence-electron chi connectivity index (χ2n) is 6.06. The normalized spacial score (nSPS) is 12.7. The van der Waals surface area contributed by atoms with Crippen LogP contribution in [0.25, 0.3) is 10.8 Å². The van der Waals surface area contributed by atoms with E-state index in [4.69, 9.17) is 4.74 Å². The number of phenolic OH excluding ortho intramolecular Hbond substituents is 1. The number of hydrogen-bond acceptors (Lipinski definition) is 5. The van der Waals surface area contributed by atoms with E-state index in [0.717, 1.165) is 0 Å². The summed E-state index contributed by atoms with van der Waals surface area (Å²) in [5.41, 5.74) is 0.121. The topological polar surface area (TPSA) is 80.7 Å². The summed E-state index contributed by atoms with van der Waals surface area (Å²) in [5, 5.41) is 11.5. The number of phenols is 1. The van der Waals surface area contributed by atoms with E-state index in [0.29, 0.717) is 15.2 Å². The van der Waals surface area contributed by atoms with Gasteiger partial charge in [-0.3, -0.25) is 9.59 Å². The van der Waals surface area contributed by atoms with Crippen LogP contribution >= 0.6 is 15.9 Å². The predicted octanol–water partition coefficient (Wildman–Crippen LogP) is 4.26. The van der Waals surface area contributed by atoms with E-state index in [1.807, 2.05) is 0 Å². The Bertz CT molecular complexity index is 1160. The SMILES string of the molecule is CCOC(=O)c1c2c(c(O)c3c(Br)cccc13)C(=O)c1ccccc1C2=O. The second kappa shape index (κ2) is 6.32. The molecule has 0 aliphatic heterocycles. The minimum atomic E-state index is -0.711. The first-order chi connectivity index (χ1) is 13.0. The van der Waals surface area contributed by atoms with Crippen molar-refractivity contribution in [2.24, 2.45) is 0 Å². The van der Waals surface area contributed by atoms with E-state index in [1.165, 1.54) is 12.1 Å². The average molecular weight is 425 g/mol. The number of ether oxygens (including phenoxy) is 1. The van der Waals surface area contributed by atoms with Gasteiger partial charge < -0.3 is 9.84 Å². The Balaban J connectivity index is 2.20. The quantitative estimate of drug-likeness (QED) is 0.486. The van der Waals surface area contributed by atoms with Crippen molar-refractivity contribution in [1.29, 1.82) is 0 Å². The Morgan fingerprint density at radius 1 is 1.00 bits per heavy atom. The van der Waals surface area contributed by atoms with Crippen LogP contribution in [0.1, 0.15) is 49.1 Å². The first kappa shape index (κ1) is 17.4. The summed E-state index contributed by atoms with van der Waals surface area (Å²) in [5.74, 6) is -2.02. The van der Waals surface area contributed by atoms with Crippen LogP contribution in [0, 0.1) is 0 Å². The van der Waals surface area contributed by atoms with Gasteiger partial charge in [-0.1, -0.05) is 52.3 Å². The zero-order valence-corrected chi connectivity index (χ0v) is 15.8. The van der Waals surface area contributed by atoms with Gasteiger partial charge in [-0.2, -0.15) is 0 Å². The smallest absolute Gasteiger partial charge is 0.339 e. The van der Waals surface area contributed by atoms with Gasteiger partial charge in [0.15, 0.2) is 11.6 Å². The molecule has 0 saturated carbocycles. The van der Waals surface area contributed by atoms with Crippen molar-refractivity contribution in [1.82, 2.24) is 0 Å². The number of halogens is 1. The van der Waals surface area contributed by atoms with E-state index in [9.17, 15) is 19.5 Å². The van der Waals surface area contributed by atoms with Crippen molar-refractivity contribution < 1.29 is 24.2 Å². The number of ketones is 2. The second-order valence-corrected chi connectivity index (χ2v) is 6.91. The van der Waals surface area contributed by atoms with Crippen LogP contribution in [-0.2, 0) is 4.74 Å². The first-order valence-corrected chi connectivity index (χ1v) is 9.09. The lowest BCUT2D eigenvalue weighted by Crippen LogP contribution is -2.25. The van der Waals surface area contributed by atoms with Crippen molar-refractivity contribution in [3.63, 3.8) is 0 Å². The lowest BCUT2D eigenvalue weighted by Gasteiger charge is -2.23. The molecule has 134 valence electrons. The molecule has 0 aromatic heterocycles. The molecule has 0 radical (unpaired) electrons. The molecule has 0 unspecified atom stereocenters. The Labute approximate surface area is 162 Å². The molecule has 6 heteroatoms. The van der Waals surface area contributed by atoms with E-state index in [2.05, 4.69) is 15.9 Å². The molecule has 0 saturated heterocycles. The van der Waals surface area contributed by atoms with Crippen molar-refractivity contribution in [3.8, 4) is 5.75 Å². The molecule has 0 heterocycles. The fourth-order valence-electron chi connectivity index (χ4n) is 3.49. The summed E-state index contributed by atoms with van der Waals surface area (Å²) in [7, 11) is 0. The van der Waals surface area contributed by atoms with Crippen LogP contribution in [0.4, 0.5) is 0 Å². The lowest BCUT2D eigenvalue weighted by atomic mass is 9.79. The van der Waals surface area contributed by atoms with Gasteiger partial charge >= 0.3 is 5.97 Å². The van der Waals surface area contributed by atoms with Gasteiger partial charge in [-0.15, -0.1) is 0 Å². The van der Waals surface area contributed by atoms with Crippen LogP contribution in [0.3, 0.4) is 0 Å². The molecule has 0 bridgehead atoms. The number of aromatic hydroxyl groups is 1. The third-order valence-corrected chi connectivity index (χ3v) is 5.27. The molecule has 3 aromatic carbocycles. The molecular formula is C21H13BrO5. The number of carbonyl (C=O) groups is 3. The number of fused-ring (bicyclic) bond motifs is 3. The van der Waals surface area contributed by atoms with Gasteiger partial charge in [0.2, 0.25) is 0 Å². The van der Waals surface area contributed by atoms with Crippen molar-refractivity contribution in [3.05, 3.63) is 74.8 Å². The summed E-state index contributed by atoms with van der Waals surface area (Å²) < 4.78 is 5.66. The maximum absolute atomic E-state index is 13.2. The summed E-state index contributed by atoms with van der Waals surface area (Å²) in [4.78, 5) is 39.0. The summed E-state index contributed by atoms with van der Waals surface area (Å²) >= 11 is 3.36. The van der Waals surface area contributed by atoms with Gasteiger partial charge in [0.05, 0.1) is 23.3 Å². The van der Waals surface area contributed by atoms with Gasteiger partial charge in [0, 0.05) is 26.4 Å². The molecule has 0 atom stereocenters. The molecule has 4 rings (SSSR count). The van der Waals surface area contributed by atoms with Crippen LogP contribution in [0.15, 0.2) is 46.9 Å². The molecule has 1 N–H and O–H groups in total. The van der Waals surface area contributed by atoms with Crippen molar-refractivity contribution >= 4 is 44.2 Å². The fraction of sp³-hybridized carbons (Fsp3) is 0.0952. The summed E-state index contributed by atoms with van der Waals surface area (Å²) in [6, 6.07) is 11.4. The average Bonchev–Trinajstić information content (AvgIpc) is 2.66. The van der Waals surface area contributed by atoms with Crippen LogP contribution < -0.4 is 0 Å². The largest absolute Gasteiger partial charge is 0.506 e. The third-order valence-electron chi connectivity index (χ3n) is 4.61. The highest BCUT2D eigenvalue weighted by Crippen LogP contribution is 2.43. The lowest BCUT2D eigenvalue weighted by molar-refractivity contribution is 0.0526. The van der Waals surface area contributed by atoms with Gasteiger partial charge in [0.25, 0.3) is 0 Å². The van der Waals surface area contributed by atoms with Crippen molar-refractivity contribution in [2.45, 2.75) is 6.92 Å². The number of carbonyl (C=O) groups excluding carboxylic acids is 3. The molecule has 1 aliphatic rings. The zero-order chi connectivity index (χ0) is 19.3. The molecule has 0 spiro atoms. The monoisotopic (exact) mass is 424 g/mol. The molecule has 5 nitrogen and oxygen atoms in total. The molecule has 27 heavy (non-hydrogen) atoms.